The molecule has 7 nitrogen and oxygen atoms in total. The minimum Gasteiger partial charge on any atom is -0.493 e. The van der Waals surface area contributed by atoms with Gasteiger partial charge in [0.15, 0.2) is 11.5 Å². The second kappa shape index (κ2) is 10.5. The van der Waals surface area contributed by atoms with Gasteiger partial charge < -0.3 is 14.8 Å². The number of nitrogens with zero attached hydrogens (tertiary/aromatic N) is 1. The van der Waals surface area contributed by atoms with Crippen molar-refractivity contribution < 1.29 is 32.6 Å². The van der Waals surface area contributed by atoms with Crippen LogP contribution in [0.2, 0.25) is 0 Å². The van der Waals surface area contributed by atoms with Gasteiger partial charge in [-0.2, -0.15) is 8.78 Å². The molecular formula is C23H22F2N2O5S. The average molecular weight is 477 g/mol. The lowest BCUT2D eigenvalue weighted by atomic mass is 10.1. The predicted octanol–water partition coefficient (Wildman–Crippen LogP) is 4.38. The Morgan fingerprint density at radius 2 is 1.91 bits per heavy atom. The van der Waals surface area contributed by atoms with E-state index in [9.17, 15) is 23.2 Å². The molecule has 0 aliphatic carbocycles. The molecule has 1 fully saturated rings. The summed E-state index contributed by atoms with van der Waals surface area (Å²) < 4.78 is 34.4. The number of aryl methyl sites for hydroxylation is 2. The summed E-state index contributed by atoms with van der Waals surface area (Å²) in [6, 6.07) is 9.66. The van der Waals surface area contributed by atoms with Gasteiger partial charge in [-0.3, -0.25) is 19.3 Å². The number of halogens is 2. The number of hydrogen-bond acceptors (Lipinski definition) is 6. The lowest BCUT2D eigenvalue weighted by Crippen LogP contribution is -2.37. The van der Waals surface area contributed by atoms with E-state index in [1.807, 2.05) is 26.0 Å². The van der Waals surface area contributed by atoms with E-state index < -0.39 is 17.8 Å². The number of rotatable bonds is 8. The molecule has 0 spiro atoms. The number of benzene rings is 2. The van der Waals surface area contributed by atoms with Crippen molar-refractivity contribution in [3.05, 3.63) is 63.6 Å². The van der Waals surface area contributed by atoms with Crippen LogP contribution in [0.3, 0.4) is 0 Å². The highest BCUT2D eigenvalue weighted by Crippen LogP contribution is 2.34. The second-order valence-electron chi connectivity index (χ2n) is 7.20. The van der Waals surface area contributed by atoms with Gasteiger partial charge in [0.05, 0.1) is 12.0 Å². The smallest absolute Gasteiger partial charge is 0.387 e. The minimum atomic E-state index is -3.00. The Kier molecular flexibility index (Phi) is 7.70. The molecule has 1 aliphatic heterocycles. The molecule has 0 bridgehead atoms. The van der Waals surface area contributed by atoms with Crippen molar-refractivity contribution in [1.29, 1.82) is 0 Å². The largest absolute Gasteiger partial charge is 0.493 e. The van der Waals surface area contributed by atoms with Crippen molar-refractivity contribution in [1.82, 2.24) is 10.2 Å². The highest BCUT2D eigenvalue weighted by molar-refractivity contribution is 8.18. The SMILES string of the molecule is COc1cc(/C=C2\SC(=O)N(CCNC(=O)c3ccc(C)cc3C)C2=O)ccc1OC(F)F. The fourth-order valence-electron chi connectivity index (χ4n) is 3.26. The number of carbonyl (C=O) groups excluding carboxylic acids is 3. The van der Waals surface area contributed by atoms with Crippen molar-refractivity contribution in [2.24, 2.45) is 0 Å². The average Bonchev–Trinajstić information content (AvgIpc) is 3.01. The van der Waals surface area contributed by atoms with Crippen molar-refractivity contribution >= 4 is 34.9 Å². The van der Waals surface area contributed by atoms with E-state index in [4.69, 9.17) is 4.74 Å². The van der Waals surface area contributed by atoms with E-state index in [-0.39, 0.29) is 35.4 Å². The normalized spacial score (nSPS) is 14.8. The minimum absolute atomic E-state index is 0.0170. The number of nitrogens with one attached hydrogen (secondary N) is 1. The molecular weight excluding hydrogens is 454 g/mol. The lowest BCUT2D eigenvalue weighted by molar-refractivity contribution is -0.122. The van der Waals surface area contributed by atoms with E-state index in [0.29, 0.717) is 11.1 Å². The zero-order chi connectivity index (χ0) is 24.1. The van der Waals surface area contributed by atoms with Crippen LogP contribution in [-0.4, -0.2) is 48.8 Å². The number of amides is 3. The molecule has 0 aromatic heterocycles. The summed E-state index contributed by atoms with van der Waals surface area (Å²) in [5.74, 6) is -0.861. The summed E-state index contributed by atoms with van der Waals surface area (Å²) in [5, 5.41) is 2.26. The number of imide groups is 1. The summed E-state index contributed by atoms with van der Waals surface area (Å²) in [4.78, 5) is 38.6. The van der Waals surface area contributed by atoms with Gasteiger partial charge >= 0.3 is 6.61 Å². The molecule has 33 heavy (non-hydrogen) atoms. The van der Waals surface area contributed by atoms with Crippen molar-refractivity contribution in [3.8, 4) is 11.5 Å². The van der Waals surface area contributed by atoms with Crippen molar-refractivity contribution in [3.63, 3.8) is 0 Å². The molecule has 3 rings (SSSR count). The van der Waals surface area contributed by atoms with Crippen LogP contribution < -0.4 is 14.8 Å². The van der Waals surface area contributed by atoms with Crippen LogP contribution in [0.15, 0.2) is 41.3 Å². The van der Waals surface area contributed by atoms with E-state index in [1.165, 1.54) is 31.4 Å². The monoisotopic (exact) mass is 476 g/mol. The van der Waals surface area contributed by atoms with Gasteiger partial charge in [-0.25, -0.2) is 0 Å². The van der Waals surface area contributed by atoms with Gasteiger partial charge in [-0.15, -0.1) is 0 Å². The molecule has 0 atom stereocenters. The summed E-state index contributed by atoms with van der Waals surface area (Å²) in [7, 11) is 1.30. The Morgan fingerprint density at radius 3 is 2.58 bits per heavy atom. The van der Waals surface area contributed by atoms with E-state index in [2.05, 4.69) is 10.1 Å². The summed E-state index contributed by atoms with van der Waals surface area (Å²) in [6.07, 6.45) is 1.47. The topological polar surface area (TPSA) is 84.9 Å². The van der Waals surface area contributed by atoms with Gasteiger partial charge in [0.25, 0.3) is 17.1 Å². The van der Waals surface area contributed by atoms with Crippen LogP contribution in [0, 0.1) is 13.8 Å². The molecule has 0 radical (unpaired) electrons. The molecule has 1 aliphatic rings. The Labute approximate surface area is 193 Å². The van der Waals surface area contributed by atoms with Crippen LogP contribution in [0.4, 0.5) is 13.6 Å². The molecule has 2 aromatic carbocycles. The Morgan fingerprint density at radius 1 is 1.15 bits per heavy atom. The van der Waals surface area contributed by atoms with Crippen LogP contribution in [-0.2, 0) is 4.79 Å². The van der Waals surface area contributed by atoms with Gasteiger partial charge in [0.1, 0.15) is 0 Å². The molecule has 1 N–H and O–H groups in total. The first-order valence-corrected chi connectivity index (χ1v) is 10.7. The lowest BCUT2D eigenvalue weighted by Gasteiger charge is -2.14. The van der Waals surface area contributed by atoms with Gasteiger partial charge in [0, 0.05) is 18.7 Å². The molecule has 0 unspecified atom stereocenters. The molecule has 1 heterocycles. The number of methoxy groups -OCH3 is 1. The maximum absolute atomic E-state index is 12.7. The van der Waals surface area contributed by atoms with E-state index in [1.54, 1.807) is 6.07 Å². The van der Waals surface area contributed by atoms with Crippen LogP contribution in [0.25, 0.3) is 6.08 Å². The second-order valence-corrected chi connectivity index (χ2v) is 8.19. The number of alkyl halides is 2. The molecule has 1 saturated heterocycles. The van der Waals surface area contributed by atoms with Crippen LogP contribution in [0.5, 0.6) is 11.5 Å². The van der Waals surface area contributed by atoms with Crippen molar-refractivity contribution in [2.75, 3.05) is 20.2 Å². The summed E-state index contributed by atoms with van der Waals surface area (Å²) in [5.41, 5.74) is 2.88. The molecule has 0 saturated carbocycles. The molecule has 3 amide bonds. The molecule has 10 heteroatoms. The predicted molar refractivity (Wildman–Crippen MR) is 121 cm³/mol. The molecule has 2 aromatic rings. The van der Waals surface area contributed by atoms with E-state index in [0.717, 1.165) is 27.8 Å². The standard InChI is InChI=1S/C23H22F2N2O5S/c1-13-4-6-16(14(2)10-13)20(28)26-8-9-27-21(29)19(33-23(27)30)12-15-5-7-17(32-22(24)25)18(11-15)31-3/h4-7,10-12,22H,8-9H2,1-3H3,(H,26,28)/b19-12-. The van der Waals surface area contributed by atoms with Crippen molar-refractivity contribution in [2.45, 2.75) is 20.5 Å². The Hall–Kier alpha value is -3.40. The first kappa shape index (κ1) is 24.2. The maximum Gasteiger partial charge on any atom is 0.387 e. The Bertz CT molecular complexity index is 1120. The summed E-state index contributed by atoms with van der Waals surface area (Å²) >= 11 is 0.758. The number of hydrogen-bond donors (Lipinski definition) is 1. The molecule has 174 valence electrons. The Balaban J connectivity index is 1.64. The number of thioether (sulfide) groups is 1. The zero-order valence-corrected chi connectivity index (χ0v) is 19.0. The first-order valence-electron chi connectivity index (χ1n) is 9.93. The highest BCUT2D eigenvalue weighted by Gasteiger charge is 2.34. The fourth-order valence-corrected chi connectivity index (χ4v) is 4.12. The third-order valence-corrected chi connectivity index (χ3v) is 5.73. The van der Waals surface area contributed by atoms with Gasteiger partial charge in [-0.05, 0) is 61.0 Å². The first-order chi connectivity index (χ1) is 15.7. The third kappa shape index (κ3) is 5.89. The fraction of sp³-hybridized carbons (Fsp3) is 0.261. The van der Waals surface area contributed by atoms with E-state index >= 15 is 0 Å². The zero-order valence-electron chi connectivity index (χ0n) is 18.2. The van der Waals surface area contributed by atoms with Crippen LogP contribution in [0.1, 0.15) is 27.0 Å². The maximum atomic E-state index is 12.7. The van der Waals surface area contributed by atoms with Crippen LogP contribution >= 0.6 is 11.8 Å². The highest BCUT2D eigenvalue weighted by atomic mass is 32.2. The number of ether oxygens (including phenoxy) is 2. The summed E-state index contributed by atoms with van der Waals surface area (Å²) in [6.45, 7) is 0.888. The quantitative estimate of drug-likeness (QED) is 0.570. The van der Waals surface area contributed by atoms with Gasteiger partial charge in [-0.1, -0.05) is 23.8 Å². The third-order valence-electron chi connectivity index (χ3n) is 4.82. The van der Waals surface area contributed by atoms with Gasteiger partial charge in [0.2, 0.25) is 0 Å². The number of carbonyl (C=O) groups is 3.